The van der Waals surface area contributed by atoms with Crippen LogP contribution in [0.1, 0.15) is 39.8 Å². The normalized spacial score (nSPS) is 17.1. The van der Waals surface area contributed by atoms with Crippen molar-refractivity contribution >= 4 is 17.6 Å². The molecule has 1 aromatic heterocycles. The van der Waals surface area contributed by atoms with Gasteiger partial charge in [0.1, 0.15) is 5.69 Å². The maximum Gasteiger partial charge on any atom is 0.352 e. The van der Waals surface area contributed by atoms with Crippen molar-refractivity contribution in [3.8, 4) is 0 Å². The Morgan fingerprint density at radius 1 is 1.40 bits per heavy atom. The van der Waals surface area contributed by atoms with Gasteiger partial charge in [-0.15, -0.1) is 0 Å². The van der Waals surface area contributed by atoms with Gasteiger partial charge in [-0.2, -0.15) is 0 Å². The predicted molar refractivity (Wildman–Crippen MR) is 77.1 cm³/mol. The maximum atomic E-state index is 11.0. The molecule has 1 heterocycles. The van der Waals surface area contributed by atoms with Crippen LogP contribution >= 0.6 is 11.6 Å². The number of carboxylic acids is 1. The number of aromatic carboxylic acids is 1. The van der Waals surface area contributed by atoms with E-state index in [1.165, 1.54) is 0 Å². The van der Waals surface area contributed by atoms with Crippen molar-refractivity contribution in [1.29, 1.82) is 0 Å². The Balaban J connectivity index is 1.68. The maximum absolute atomic E-state index is 11.0. The van der Waals surface area contributed by atoms with Crippen LogP contribution in [0.15, 0.2) is 30.3 Å². The Labute approximate surface area is 121 Å². The zero-order valence-corrected chi connectivity index (χ0v) is 11.6. The number of fused-ring (bicyclic) bond motifs is 1. The number of H-pyrrole nitrogens is 1. The number of benzene rings is 1. The van der Waals surface area contributed by atoms with E-state index in [1.54, 1.807) is 6.07 Å². The average molecular weight is 291 g/mol. The highest BCUT2D eigenvalue weighted by Gasteiger charge is 2.25. The summed E-state index contributed by atoms with van der Waals surface area (Å²) in [5.74, 6) is -0.907. The van der Waals surface area contributed by atoms with Crippen molar-refractivity contribution < 1.29 is 9.90 Å². The molecule has 0 fully saturated rings. The highest BCUT2D eigenvalue weighted by atomic mass is 35.5. The monoisotopic (exact) mass is 290 g/mol. The second kappa shape index (κ2) is 5.31. The Kier molecular flexibility index (Phi) is 3.51. The molecule has 1 unspecified atom stereocenters. The first-order valence-corrected chi connectivity index (χ1v) is 6.94. The number of nitrogens with one attached hydrogen (secondary N) is 2. The number of aryl methyl sites for hydroxylation is 1. The molecule has 0 aliphatic heterocycles. The van der Waals surface area contributed by atoms with Crippen LogP contribution in [-0.2, 0) is 13.0 Å². The van der Waals surface area contributed by atoms with Crippen LogP contribution in [0.25, 0.3) is 0 Å². The molecular weight excluding hydrogens is 276 g/mol. The molecule has 0 radical (unpaired) electrons. The Bertz CT molecular complexity index is 634. The Hall–Kier alpha value is -1.78. The van der Waals surface area contributed by atoms with Gasteiger partial charge in [0.2, 0.25) is 0 Å². The largest absolute Gasteiger partial charge is 0.477 e. The standard InChI is InChI=1S/C15H15ClN2O2/c16-10-3-1-9(2-4-10)8-17-12-5-6-13-11(12)7-14(18-13)15(19)20/h1-4,7,12,17-18H,5-6,8H2,(H,19,20). The van der Waals surface area contributed by atoms with Gasteiger partial charge < -0.3 is 15.4 Å². The van der Waals surface area contributed by atoms with E-state index in [4.69, 9.17) is 16.7 Å². The number of hydrogen-bond donors (Lipinski definition) is 3. The SMILES string of the molecule is O=C(O)c1cc2c([nH]1)CCC2NCc1ccc(Cl)cc1. The van der Waals surface area contributed by atoms with Crippen LogP contribution in [0.2, 0.25) is 5.02 Å². The lowest BCUT2D eigenvalue weighted by atomic mass is 10.1. The van der Waals surface area contributed by atoms with Gasteiger partial charge in [-0.3, -0.25) is 0 Å². The van der Waals surface area contributed by atoms with Crippen molar-refractivity contribution in [3.63, 3.8) is 0 Å². The molecule has 0 amide bonds. The van der Waals surface area contributed by atoms with E-state index in [9.17, 15) is 4.79 Å². The van der Waals surface area contributed by atoms with E-state index in [0.717, 1.165) is 41.2 Å². The quantitative estimate of drug-likeness (QED) is 0.810. The molecule has 1 atom stereocenters. The van der Waals surface area contributed by atoms with E-state index in [2.05, 4.69) is 10.3 Å². The summed E-state index contributed by atoms with van der Waals surface area (Å²) >= 11 is 5.86. The smallest absolute Gasteiger partial charge is 0.352 e. The lowest BCUT2D eigenvalue weighted by Gasteiger charge is -2.12. The zero-order valence-electron chi connectivity index (χ0n) is 10.8. The first-order valence-electron chi connectivity index (χ1n) is 6.56. The molecule has 3 N–H and O–H groups in total. The van der Waals surface area contributed by atoms with Crippen LogP contribution in [0.3, 0.4) is 0 Å². The molecule has 1 aliphatic rings. The van der Waals surface area contributed by atoms with E-state index in [-0.39, 0.29) is 11.7 Å². The number of halogens is 1. The minimum absolute atomic E-state index is 0.213. The van der Waals surface area contributed by atoms with Gasteiger partial charge in [0.15, 0.2) is 0 Å². The summed E-state index contributed by atoms with van der Waals surface area (Å²) in [7, 11) is 0. The van der Waals surface area contributed by atoms with Crippen molar-refractivity contribution in [1.82, 2.24) is 10.3 Å². The van der Waals surface area contributed by atoms with Gasteiger partial charge in [0.05, 0.1) is 0 Å². The molecule has 5 heteroatoms. The van der Waals surface area contributed by atoms with Gasteiger partial charge in [-0.1, -0.05) is 23.7 Å². The van der Waals surface area contributed by atoms with Gasteiger partial charge >= 0.3 is 5.97 Å². The summed E-state index contributed by atoms with van der Waals surface area (Å²) < 4.78 is 0. The first kappa shape index (κ1) is 13.2. The summed E-state index contributed by atoms with van der Waals surface area (Å²) in [5.41, 5.74) is 3.55. The minimum Gasteiger partial charge on any atom is -0.477 e. The van der Waals surface area contributed by atoms with E-state index >= 15 is 0 Å². The average Bonchev–Trinajstić information content (AvgIpc) is 2.99. The number of hydrogen-bond acceptors (Lipinski definition) is 2. The number of carbonyl (C=O) groups is 1. The molecule has 20 heavy (non-hydrogen) atoms. The topological polar surface area (TPSA) is 65.1 Å². The Morgan fingerprint density at radius 2 is 2.15 bits per heavy atom. The molecule has 104 valence electrons. The molecule has 2 aromatic rings. The molecule has 3 rings (SSSR count). The molecule has 0 bridgehead atoms. The first-order chi connectivity index (χ1) is 9.63. The van der Waals surface area contributed by atoms with E-state index in [0.29, 0.717) is 0 Å². The Morgan fingerprint density at radius 3 is 2.85 bits per heavy atom. The lowest BCUT2D eigenvalue weighted by molar-refractivity contribution is 0.0691. The van der Waals surface area contributed by atoms with Crippen LogP contribution in [0.5, 0.6) is 0 Å². The summed E-state index contributed by atoms with van der Waals surface area (Å²) in [5, 5.41) is 13.2. The third-order valence-electron chi connectivity index (χ3n) is 3.69. The minimum atomic E-state index is -0.907. The van der Waals surface area contributed by atoms with Crippen molar-refractivity contribution in [2.45, 2.75) is 25.4 Å². The number of carboxylic acid groups (broad SMARTS) is 1. The van der Waals surface area contributed by atoms with Crippen LogP contribution < -0.4 is 5.32 Å². The van der Waals surface area contributed by atoms with E-state index < -0.39 is 5.97 Å². The third-order valence-corrected chi connectivity index (χ3v) is 3.94. The van der Waals surface area contributed by atoms with Gasteiger partial charge in [-0.25, -0.2) is 4.79 Å². The summed E-state index contributed by atoms with van der Waals surface area (Å²) in [6, 6.07) is 9.68. The van der Waals surface area contributed by atoms with E-state index in [1.807, 2.05) is 24.3 Å². The fourth-order valence-electron chi connectivity index (χ4n) is 2.65. The van der Waals surface area contributed by atoms with Crippen molar-refractivity contribution in [2.75, 3.05) is 0 Å². The van der Waals surface area contributed by atoms with Crippen LogP contribution in [-0.4, -0.2) is 16.1 Å². The number of rotatable bonds is 4. The van der Waals surface area contributed by atoms with Crippen LogP contribution in [0.4, 0.5) is 0 Å². The summed E-state index contributed by atoms with van der Waals surface area (Å²) in [6.45, 7) is 0.745. The molecule has 0 saturated heterocycles. The second-order valence-electron chi connectivity index (χ2n) is 5.02. The highest BCUT2D eigenvalue weighted by molar-refractivity contribution is 6.30. The van der Waals surface area contributed by atoms with Gasteiger partial charge in [0, 0.05) is 23.3 Å². The third kappa shape index (κ3) is 2.57. The van der Waals surface area contributed by atoms with Gasteiger partial charge in [0.25, 0.3) is 0 Å². The van der Waals surface area contributed by atoms with Crippen molar-refractivity contribution in [3.05, 3.63) is 57.9 Å². The van der Waals surface area contributed by atoms with Gasteiger partial charge in [-0.05, 0) is 42.2 Å². The van der Waals surface area contributed by atoms with Crippen LogP contribution in [0, 0.1) is 0 Å². The summed E-state index contributed by atoms with van der Waals surface area (Å²) in [6.07, 6.45) is 1.88. The molecule has 4 nitrogen and oxygen atoms in total. The summed E-state index contributed by atoms with van der Waals surface area (Å²) in [4.78, 5) is 13.9. The second-order valence-corrected chi connectivity index (χ2v) is 5.46. The number of aromatic amines is 1. The zero-order chi connectivity index (χ0) is 14.1. The molecule has 0 saturated carbocycles. The molecule has 1 aliphatic carbocycles. The highest BCUT2D eigenvalue weighted by Crippen LogP contribution is 2.31. The fraction of sp³-hybridized carbons (Fsp3) is 0.267. The number of aromatic nitrogens is 1. The fourth-order valence-corrected chi connectivity index (χ4v) is 2.77. The lowest BCUT2D eigenvalue weighted by Crippen LogP contribution is -2.18. The molecule has 1 aromatic carbocycles. The predicted octanol–water partition coefficient (Wildman–Crippen LogP) is 3.14. The molecule has 0 spiro atoms. The molecular formula is C15H15ClN2O2. The van der Waals surface area contributed by atoms with Crippen molar-refractivity contribution in [2.24, 2.45) is 0 Å².